The van der Waals surface area contributed by atoms with Crippen LogP contribution in [0.3, 0.4) is 0 Å². The van der Waals surface area contributed by atoms with Gasteiger partial charge in [0.1, 0.15) is 5.82 Å². The molecule has 7 nitrogen and oxygen atoms in total. The second kappa shape index (κ2) is 8.51. The van der Waals surface area contributed by atoms with E-state index in [2.05, 4.69) is 10.3 Å². The Bertz CT molecular complexity index is 1260. The molecule has 4 rings (SSSR count). The van der Waals surface area contributed by atoms with Crippen molar-refractivity contribution >= 4 is 19.6 Å². The molecule has 8 heteroatoms. The lowest BCUT2D eigenvalue weighted by atomic mass is 9.80. The van der Waals surface area contributed by atoms with Gasteiger partial charge in [-0.2, -0.15) is 0 Å². The number of benzene rings is 2. The molecule has 154 valence electrons. The number of carbonyl (C=O) groups excluding carboxylic acids is 1. The Morgan fingerprint density at radius 2 is 1.71 bits per heavy atom. The summed E-state index contributed by atoms with van der Waals surface area (Å²) in [5, 5.41) is 3.08. The van der Waals surface area contributed by atoms with Gasteiger partial charge in [0.15, 0.2) is 0 Å². The van der Waals surface area contributed by atoms with Gasteiger partial charge in [-0.25, -0.2) is 14.2 Å². The SMILES string of the molecule is [B]CC1=C(C(=O)OCC)C(c2ccccc2)c2c(n(-c3ccccc3)c(=O)[nH]c2=O)N1. The summed E-state index contributed by atoms with van der Waals surface area (Å²) in [6.45, 7) is 1.89. The summed E-state index contributed by atoms with van der Waals surface area (Å²) in [7, 11) is 5.99. The van der Waals surface area contributed by atoms with Crippen LogP contribution in [0.15, 0.2) is 81.5 Å². The summed E-state index contributed by atoms with van der Waals surface area (Å²) in [5.41, 5.74) is 1.01. The van der Waals surface area contributed by atoms with E-state index in [1.54, 1.807) is 31.2 Å². The van der Waals surface area contributed by atoms with Crippen molar-refractivity contribution in [2.75, 3.05) is 11.9 Å². The Balaban J connectivity index is 2.07. The second-order valence-electron chi connectivity index (χ2n) is 6.98. The third kappa shape index (κ3) is 3.61. The fraction of sp³-hybridized carbons (Fsp3) is 0.174. The topological polar surface area (TPSA) is 93.2 Å². The molecule has 2 heterocycles. The molecule has 2 radical (unpaired) electrons. The van der Waals surface area contributed by atoms with E-state index in [1.807, 2.05) is 36.4 Å². The molecule has 2 aromatic carbocycles. The van der Waals surface area contributed by atoms with Crippen LogP contribution in [0.1, 0.15) is 24.0 Å². The van der Waals surface area contributed by atoms with Crippen molar-refractivity contribution in [1.82, 2.24) is 9.55 Å². The average Bonchev–Trinajstić information content (AvgIpc) is 2.79. The van der Waals surface area contributed by atoms with E-state index in [0.717, 1.165) is 0 Å². The number of H-pyrrole nitrogens is 1. The lowest BCUT2D eigenvalue weighted by molar-refractivity contribution is -0.138. The van der Waals surface area contributed by atoms with Gasteiger partial charge in [-0.15, -0.1) is 0 Å². The highest BCUT2D eigenvalue weighted by molar-refractivity contribution is 6.11. The molecule has 1 aliphatic rings. The number of aromatic nitrogens is 2. The molecule has 0 aliphatic carbocycles. The maximum atomic E-state index is 13.1. The van der Waals surface area contributed by atoms with Gasteiger partial charge in [0, 0.05) is 5.70 Å². The minimum absolute atomic E-state index is 0.00724. The highest BCUT2D eigenvalue weighted by atomic mass is 16.5. The molecule has 3 aromatic rings. The van der Waals surface area contributed by atoms with Crippen molar-refractivity contribution in [2.24, 2.45) is 0 Å². The van der Waals surface area contributed by atoms with Gasteiger partial charge in [0.05, 0.1) is 37.2 Å². The largest absolute Gasteiger partial charge is 0.463 e. The van der Waals surface area contributed by atoms with Crippen LogP contribution >= 0.6 is 0 Å². The van der Waals surface area contributed by atoms with Crippen molar-refractivity contribution < 1.29 is 9.53 Å². The van der Waals surface area contributed by atoms with E-state index >= 15 is 0 Å². The van der Waals surface area contributed by atoms with Gasteiger partial charge in [-0.3, -0.25) is 9.78 Å². The second-order valence-corrected chi connectivity index (χ2v) is 6.98. The summed E-state index contributed by atoms with van der Waals surface area (Å²) in [6.07, 6.45) is -0.00724. The Hall–Kier alpha value is -3.81. The number of allylic oxidation sites excluding steroid dienone is 1. The first-order chi connectivity index (χ1) is 15.1. The van der Waals surface area contributed by atoms with Crippen molar-refractivity contribution in [2.45, 2.75) is 19.2 Å². The van der Waals surface area contributed by atoms with Gasteiger partial charge in [-0.05, 0) is 30.9 Å². The molecule has 0 spiro atoms. The van der Waals surface area contributed by atoms with Crippen LogP contribution in [0, 0.1) is 0 Å². The molecule has 1 unspecified atom stereocenters. The van der Waals surface area contributed by atoms with Crippen LogP contribution in [0.5, 0.6) is 0 Å². The zero-order valence-electron chi connectivity index (χ0n) is 16.9. The van der Waals surface area contributed by atoms with Gasteiger partial charge < -0.3 is 10.1 Å². The minimum atomic E-state index is -0.755. The molecule has 31 heavy (non-hydrogen) atoms. The quantitative estimate of drug-likeness (QED) is 0.495. The van der Waals surface area contributed by atoms with E-state index < -0.39 is 23.1 Å². The molecule has 0 bridgehead atoms. The molecule has 1 atom stereocenters. The summed E-state index contributed by atoms with van der Waals surface area (Å²) >= 11 is 0. The van der Waals surface area contributed by atoms with Gasteiger partial charge in [0.2, 0.25) is 0 Å². The number of carbonyl (C=O) groups is 1. The van der Waals surface area contributed by atoms with Gasteiger partial charge >= 0.3 is 11.7 Å². The third-order valence-corrected chi connectivity index (χ3v) is 5.17. The lowest BCUT2D eigenvalue weighted by Crippen LogP contribution is -2.39. The fourth-order valence-electron chi connectivity index (χ4n) is 3.88. The van der Waals surface area contributed by atoms with Crippen LogP contribution in [-0.2, 0) is 9.53 Å². The zero-order chi connectivity index (χ0) is 22.0. The Morgan fingerprint density at radius 3 is 2.32 bits per heavy atom. The number of hydrogen-bond donors (Lipinski definition) is 2. The number of para-hydroxylation sites is 1. The number of nitrogens with one attached hydrogen (secondary N) is 2. The summed E-state index contributed by atoms with van der Waals surface area (Å²) in [4.78, 5) is 41.2. The van der Waals surface area contributed by atoms with E-state index in [4.69, 9.17) is 12.6 Å². The van der Waals surface area contributed by atoms with Crippen molar-refractivity contribution in [1.29, 1.82) is 0 Å². The van der Waals surface area contributed by atoms with E-state index in [0.29, 0.717) is 16.9 Å². The predicted octanol–water partition coefficient (Wildman–Crippen LogP) is 2.49. The zero-order valence-corrected chi connectivity index (χ0v) is 16.9. The molecule has 0 saturated heterocycles. The monoisotopic (exact) mass is 413 g/mol. The molecule has 0 fully saturated rings. The number of rotatable bonds is 5. The maximum absolute atomic E-state index is 13.1. The molecule has 2 N–H and O–H groups in total. The van der Waals surface area contributed by atoms with E-state index in [1.165, 1.54) is 4.57 Å². The smallest absolute Gasteiger partial charge is 0.336 e. The maximum Gasteiger partial charge on any atom is 0.336 e. The van der Waals surface area contributed by atoms with Gasteiger partial charge in [-0.1, -0.05) is 48.5 Å². The Labute approximate surface area is 179 Å². The van der Waals surface area contributed by atoms with Crippen molar-refractivity contribution in [3.63, 3.8) is 0 Å². The molecular formula is C23H20BN3O4. The first-order valence-corrected chi connectivity index (χ1v) is 9.93. The van der Waals surface area contributed by atoms with Crippen LogP contribution in [-0.4, -0.2) is 30.0 Å². The summed E-state index contributed by atoms with van der Waals surface area (Å²) < 4.78 is 6.66. The number of anilines is 1. The van der Waals surface area contributed by atoms with Crippen LogP contribution in [0.25, 0.3) is 5.69 Å². The Morgan fingerprint density at radius 1 is 1.06 bits per heavy atom. The van der Waals surface area contributed by atoms with Gasteiger partial charge in [0.25, 0.3) is 5.56 Å². The summed E-state index contributed by atoms with van der Waals surface area (Å²) in [5.74, 6) is -1.04. The highest BCUT2D eigenvalue weighted by Crippen LogP contribution is 2.41. The van der Waals surface area contributed by atoms with Crippen molar-refractivity contribution in [3.05, 3.63) is 104 Å². The number of nitrogens with zero attached hydrogens (tertiary/aromatic N) is 1. The number of hydrogen-bond acceptors (Lipinski definition) is 5. The number of ether oxygens (including phenoxy) is 1. The van der Waals surface area contributed by atoms with Crippen LogP contribution < -0.4 is 16.6 Å². The summed E-state index contributed by atoms with van der Waals surface area (Å²) in [6, 6.07) is 18.1. The lowest BCUT2D eigenvalue weighted by Gasteiger charge is -2.31. The number of esters is 1. The first-order valence-electron chi connectivity index (χ1n) is 9.93. The standard InChI is InChI=1S/C23H20BN3O4/c1-2-31-22(29)18-16(13-24)25-20-19(17(18)14-9-5-3-6-10-14)21(28)26-23(30)27(20)15-11-7-4-8-12-15/h3-12,17,25H,2,13H2,1H3,(H,26,28,30). The third-order valence-electron chi connectivity index (χ3n) is 5.17. The van der Waals surface area contributed by atoms with E-state index in [9.17, 15) is 14.4 Å². The molecular weight excluding hydrogens is 393 g/mol. The predicted molar refractivity (Wildman–Crippen MR) is 119 cm³/mol. The average molecular weight is 413 g/mol. The fourth-order valence-corrected chi connectivity index (χ4v) is 3.88. The minimum Gasteiger partial charge on any atom is -0.463 e. The van der Waals surface area contributed by atoms with Crippen molar-refractivity contribution in [3.8, 4) is 5.69 Å². The van der Waals surface area contributed by atoms with Crippen LogP contribution in [0.2, 0.25) is 6.32 Å². The molecule has 1 aromatic heterocycles. The van der Waals surface area contributed by atoms with E-state index in [-0.39, 0.29) is 29.9 Å². The number of aromatic amines is 1. The number of fused-ring (bicyclic) bond motifs is 1. The molecule has 0 amide bonds. The highest BCUT2D eigenvalue weighted by Gasteiger charge is 2.37. The normalized spacial score (nSPS) is 15.2. The van der Waals surface area contributed by atoms with Crippen LogP contribution in [0.4, 0.5) is 5.82 Å². The first kappa shape index (κ1) is 20.5. The molecule has 1 aliphatic heterocycles. The Kier molecular flexibility index (Phi) is 5.62. The molecule has 0 saturated carbocycles.